The van der Waals surface area contributed by atoms with Crippen LogP contribution in [0.25, 0.3) is 10.6 Å². The first-order valence-corrected chi connectivity index (χ1v) is 5.16. The van der Waals surface area contributed by atoms with E-state index in [0.29, 0.717) is 5.69 Å². The highest BCUT2D eigenvalue weighted by Gasteiger charge is 2.09. The summed E-state index contributed by atoms with van der Waals surface area (Å²) in [5.74, 6) is -0.948. The summed E-state index contributed by atoms with van der Waals surface area (Å²) in [5, 5.41) is 8.84. The molecule has 0 radical (unpaired) electrons. The molecule has 15 heavy (non-hydrogen) atoms. The number of carbonyl (C=O) groups is 1. The zero-order valence-corrected chi connectivity index (χ0v) is 8.78. The van der Waals surface area contributed by atoms with E-state index < -0.39 is 5.97 Å². The fourth-order valence-corrected chi connectivity index (χ4v) is 1.86. The highest BCUT2D eigenvalue weighted by Crippen LogP contribution is 2.22. The van der Waals surface area contributed by atoms with Gasteiger partial charge in [0.05, 0.1) is 27.3 Å². The Kier molecular flexibility index (Phi) is 2.47. The van der Waals surface area contributed by atoms with Gasteiger partial charge in [-0.25, -0.2) is 4.79 Å². The molecule has 0 aliphatic heterocycles. The SMILES string of the molecule is Cc1nc(-c2cncs2)ccc1C(=O)O. The third-order valence-electron chi connectivity index (χ3n) is 2.00. The third-order valence-corrected chi connectivity index (χ3v) is 2.80. The summed E-state index contributed by atoms with van der Waals surface area (Å²) in [6.45, 7) is 1.69. The van der Waals surface area contributed by atoms with Gasteiger partial charge in [-0.05, 0) is 19.1 Å². The average molecular weight is 220 g/mol. The van der Waals surface area contributed by atoms with Crippen LogP contribution in [-0.4, -0.2) is 21.0 Å². The van der Waals surface area contributed by atoms with Crippen molar-refractivity contribution in [3.05, 3.63) is 35.1 Å². The van der Waals surface area contributed by atoms with Gasteiger partial charge in [0.15, 0.2) is 0 Å². The first-order chi connectivity index (χ1) is 7.18. The molecule has 0 saturated heterocycles. The molecule has 0 aromatic carbocycles. The van der Waals surface area contributed by atoms with Crippen molar-refractivity contribution in [3.8, 4) is 10.6 Å². The normalized spacial score (nSPS) is 10.2. The van der Waals surface area contributed by atoms with Gasteiger partial charge in [-0.3, -0.25) is 9.97 Å². The quantitative estimate of drug-likeness (QED) is 0.842. The Morgan fingerprint density at radius 1 is 1.47 bits per heavy atom. The first-order valence-electron chi connectivity index (χ1n) is 4.28. The van der Waals surface area contributed by atoms with E-state index in [1.54, 1.807) is 30.8 Å². The second-order valence-electron chi connectivity index (χ2n) is 3.00. The summed E-state index contributed by atoms with van der Waals surface area (Å²) in [6.07, 6.45) is 1.72. The van der Waals surface area contributed by atoms with E-state index in [1.165, 1.54) is 11.3 Å². The van der Waals surface area contributed by atoms with Crippen LogP contribution in [0.2, 0.25) is 0 Å². The Morgan fingerprint density at radius 3 is 2.80 bits per heavy atom. The lowest BCUT2D eigenvalue weighted by Gasteiger charge is -2.01. The number of nitrogens with zero attached hydrogens (tertiary/aromatic N) is 2. The highest BCUT2D eigenvalue weighted by atomic mass is 32.1. The van der Waals surface area contributed by atoms with Gasteiger partial charge < -0.3 is 5.11 Å². The van der Waals surface area contributed by atoms with Gasteiger partial charge in [0, 0.05) is 6.20 Å². The zero-order chi connectivity index (χ0) is 10.8. The van der Waals surface area contributed by atoms with Crippen molar-refractivity contribution in [2.75, 3.05) is 0 Å². The predicted molar refractivity (Wildman–Crippen MR) is 57.0 cm³/mol. The maximum Gasteiger partial charge on any atom is 0.337 e. The largest absolute Gasteiger partial charge is 0.478 e. The van der Waals surface area contributed by atoms with Crippen molar-refractivity contribution < 1.29 is 9.90 Å². The standard InChI is InChI=1S/C10H8N2O2S/c1-6-7(10(13)14)2-3-8(12-6)9-4-11-5-15-9/h2-5H,1H3,(H,13,14). The Morgan fingerprint density at radius 2 is 2.27 bits per heavy atom. The van der Waals surface area contributed by atoms with E-state index in [0.717, 1.165) is 10.6 Å². The molecule has 0 aliphatic rings. The summed E-state index contributed by atoms with van der Waals surface area (Å²) in [7, 11) is 0. The number of carboxylic acid groups (broad SMARTS) is 1. The van der Waals surface area contributed by atoms with Crippen LogP contribution in [-0.2, 0) is 0 Å². The predicted octanol–water partition coefficient (Wildman–Crippen LogP) is 2.21. The monoisotopic (exact) mass is 220 g/mol. The van der Waals surface area contributed by atoms with Crippen LogP contribution in [0.4, 0.5) is 0 Å². The van der Waals surface area contributed by atoms with E-state index in [1.807, 2.05) is 0 Å². The molecule has 0 aliphatic carbocycles. The minimum Gasteiger partial charge on any atom is -0.478 e. The number of hydrogen-bond donors (Lipinski definition) is 1. The van der Waals surface area contributed by atoms with E-state index >= 15 is 0 Å². The van der Waals surface area contributed by atoms with Crippen LogP contribution in [0.3, 0.4) is 0 Å². The second kappa shape index (κ2) is 3.78. The van der Waals surface area contributed by atoms with Gasteiger partial charge in [-0.15, -0.1) is 11.3 Å². The van der Waals surface area contributed by atoms with E-state index in [4.69, 9.17) is 5.11 Å². The molecule has 4 nitrogen and oxygen atoms in total. The number of thiazole rings is 1. The molecule has 2 heterocycles. The zero-order valence-electron chi connectivity index (χ0n) is 7.97. The van der Waals surface area contributed by atoms with Gasteiger partial charge in [0.1, 0.15) is 0 Å². The van der Waals surface area contributed by atoms with E-state index in [2.05, 4.69) is 9.97 Å². The number of aromatic carboxylic acids is 1. The molecule has 5 heteroatoms. The lowest BCUT2D eigenvalue weighted by atomic mass is 10.2. The van der Waals surface area contributed by atoms with E-state index in [-0.39, 0.29) is 5.56 Å². The lowest BCUT2D eigenvalue weighted by Crippen LogP contribution is -2.01. The smallest absolute Gasteiger partial charge is 0.337 e. The minimum atomic E-state index is -0.948. The molecule has 0 fully saturated rings. The molecule has 1 N–H and O–H groups in total. The molecule has 0 saturated carbocycles. The van der Waals surface area contributed by atoms with Crippen LogP contribution < -0.4 is 0 Å². The van der Waals surface area contributed by atoms with Crippen molar-refractivity contribution in [1.82, 2.24) is 9.97 Å². The number of pyridine rings is 1. The Balaban J connectivity index is 2.47. The van der Waals surface area contributed by atoms with Crippen molar-refractivity contribution >= 4 is 17.3 Å². The Labute approximate surface area is 90.3 Å². The third kappa shape index (κ3) is 1.87. The number of rotatable bonds is 2. The Hall–Kier alpha value is -1.75. The van der Waals surface area contributed by atoms with Gasteiger partial charge in [-0.1, -0.05) is 0 Å². The molecule has 2 aromatic heterocycles. The molecular weight excluding hydrogens is 212 g/mol. The topological polar surface area (TPSA) is 63.1 Å². The number of carboxylic acids is 1. The number of aromatic nitrogens is 2. The Bertz CT molecular complexity index is 494. The molecule has 2 aromatic rings. The molecule has 0 atom stereocenters. The molecule has 0 unspecified atom stereocenters. The van der Waals surface area contributed by atoms with Gasteiger partial charge in [-0.2, -0.15) is 0 Å². The fraction of sp³-hybridized carbons (Fsp3) is 0.100. The van der Waals surface area contributed by atoms with Crippen LogP contribution in [0.15, 0.2) is 23.8 Å². The molecule has 0 spiro atoms. The maximum atomic E-state index is 10.8. The van der Waals surface area contributed by atoms with Gasteiger partial charge >= 0.3 is 5.97 Å². The van der Waals surface area contributed by atoms with Crippen LogP contribution in [0.5, 0.6) is 0 Å². The van der Waals surface area contributed by atoms with Crippen molar-refractivity contribution in [2.24, 2.45) is 0 Å². The molecular formula is C10H8N2O2S. The summed E-state index contributed by atoms with van der Waals surface area (Å²) in [5.41, 5.74) is 3.24. The molecule has 76 valence electrons. The average Bonchev–Trinajstić information content (AvgIpc) is 2.69. The molecule has 0 bridgehead atoms. The van der Waals surface area contributed by atoms with Crippen molar-refractivity contribution in [1.29, 1.82) is 0 Å². The van der Waals surface area contributed by atoms with Crippen LogP contribution in [0.1, 0.15) is 16.1 Å². The van der Waals surface area contributed by atoms with Gasteiger partial charge in [0.25, 0.3) is 0 Å². The lowest BCUT2D eigenvalue weighted by molar-refractivity contribution is 0.0695. The van der Waals surface area contributed by atoms with Crippen molar-refractivity contribution in [2.45, 2.75) is 6.92 Å². The second-order valence-corrected chi connectivity index (χ2v) is 3.89. The maximum absolute atomic E-state index is 10.8. The fourth-order valence-electron chi connectivity index (χ4n) is 1.27. The number of aryl methyl sites for hydroxylation is 1. The summed E-state index contributed by atoms with van der Waals surface area (Å²) in [4.78, 5) is 19.9. The van der Waals surface area contributed by atoms with Crippen LogP contribution >= 0.6 is 11.3 Å². The summed E-state index contributed by atoms with van der Waals surface area (Å²) in [6, 6.07) is 3.27. The number of hydrogen-bond acceptors (Lipinski definition) is 4. The van der Waals surface area contributed by atoms with Crippen molar-refractivity contribution in [3.63, 3.8) is 0 Å². The molecule has 2 rings (SSSR count). The summed E-state index contributed by atoms with van der Waals surface area (Å²) >= 11 is 1.48. The summed E-state index contributed by atoms with van der Waals surface area (Å²) < 4.78 is 0. The minimum absolute atomic E-state index is 0.239. The van der Waals surface area contributed by atoms with Gasteiger partial charge in [0.2, 0.25) is 0 Å². The van der Waals surface area contributed by atoms with Crippen LogP contribution in [0, 0.1) is 6.92 Å². The molecule has 0 amide bonds. The first kappa shape index (κ1) is 9.79. The highest BCUT2D eigenvalue weighted by molar-refractivity contribution is 7.13. The van der Waals surface area contributed by atoms with E-state index in [9.17, 15) is 4.79 Å².